The Bertz CT molecular complexity index is 352. The van der Waals surface area contributed by atoms with Crippen LogP contribution >= 0.6 is 0 Å². The Balaban J connectivity index is 2.52. The second-order valence-electron chi connectivity index (χ2n) is 4.88. The maximum atomic E-state index is 9.94. The minimum Gasteiger partial charge on any atom is -0.388 e. The molecule has 1 atom stereocenters. The molecule has 1 aliphatic carbocycles. The van der Waals surface area contributed by atoms with Gasteiger partial charge in [0.05, 0.1) is 6.10 Å². The Hall–Kier alpha value is -0.820. The highest BCUT2D eigenvalue weighted by atomic mass is 16.3. The van der Waals surface area contributed by atoms with Gasteiger partial charge in [0.2, 0.25) is 0 Å². The van der Waals surface area contributed by atoms with E-state index in [1.54, 1.807) is 0 Å². The van der Waals surface area contributed by atoms with Crippen LogP contribution in [0.5, 0.6) is 0 Å². The molecule has 1 aromatic rings. The van der Waals surface area contributed by atoms with E-state index in [0.29, 0.717) is 0 Å². The van der Waals surface area contributed by atoms with Gasteiger partial charge in [-0.1, -0.05) is 39.0 Å². The first-order valence-electron chi connectivity index (χ1n) is 5.36. The van der Waals surface area contributed by atoms with E-state index < -0.39 is 0 Å². The zero-order valence-corrected chi connectivity index (χ0v) is 9.17. The van der Waals surface area contributed by atoms with Crippen molar-refractivity contribution >= 4 is 0 Å². The number of aliphatic hydroxyl groups excluding tert-OH is 1. The minimum absolute atomic E-state index is 0.140. The van der Waals surface area contributed by atoms with Crippen molar-refractivity contribution in [2.75, 3.05) is 0 Å². The second-order valence-corrected chi connectivity index (χ2v) is 4.88. The summed E-state index contributed by atoms with van der Waals surface area (Å²) < 4.78 is 0. The molecule has 0 unspecified atom stereocenters. The molecule has 0 fully saturated rings. The van der Waals surface area contributed by atoms with Crippen LogP contribution in [0.3, 0.4) is 0 Å². The highest BCUT2D eigenvalue weighted by molar-refractivity contribution is 5.42. The highest BCUT2D eigenvalue weighted by Crippen LogP contribution is 2.44. The van der Waals surface area contributed by atoms with Crippen LogP contribution in [0.2, 0.25) is 0 Å². The SMILES string of the molecule is CCc1ccc2c(c1)[C@@H](O)CC2(C)C. The van der Waals surface area contributed by atoms with Crippen LogP contribution in [-0.2, 0) is 11.8 Å². The molecule has 14 heavy (non-hydrogen) atoms. The number of rotatable bonds is 1. The Labute approximate surface area is 85.8 Å². The lowest BCUT2D eigenvalue weighted by atomic mass is 9.86. The summed E-state index contributed by atoms with van der Waals surface area (Å²) >= 11 is 0. The molecule has 0 heterocycles. The van der Waals surface area contributed by atoms with Crippen molar-refractivity contribution in [1.29, 1.82) is 0 Å². The van der Waals surface area contributed by atoms with Gasteiger partial charge in [-0.3, -0.25) is 0 Å². The van der Waals surface area contributed by atoms with Gasteiger partial charge in [-0.2, -0.15) is 0 Å². The van der Waals surface area contributed by atoms with Gasteiger partial charge in [-0.15, -0.1) is 0 Å². The van der Waals surface area contributed by atoms with Crippen molar-refractivity contribution in [2.45, 2.75) is 45.1 Å². The molecule has 1 aromatic carbocycles. The summed E-state index contributed by atoms with van der Waals surface area (Å²) in [6, 6.07) is 6.53. The van der Waals surface area contributed by atoms with Crippen LogP contribution in [0.25, 0.3) is 0 Å². The molecule has 1 N–H and O–H groups in total. The average molecular weight is 190 g/mol. The molecule has 1 nitrogen and oxygen atoms in total. The van der Waals surface area contributed by atoms with Gasteiger partial charge in [0, 0.05) is 0 Å². The van der Waals surface area contributed by atoms with E-state index in [1.165, 1.54) is 11.1 Å². The van der Waals surface area contributed by atoms with Crippen molar-refractivity contribution < 1.29 is 5.11 Å². The monoisotopic (exact) mass is 190 g/mol. The molecule has 1 aliphatic rings. The van der Waals surface area contributed by atoms with Crippen molar-refractivity contribution in [3.8, 4) is 0 Å². The molecule has 0 amide bonds. The van der Waals surface area contributed by atoms with E-state index in [2.05, 4.69) is 39.0 Å². The van der Waals surface area contributed by atoms with E-state index >= 15 is 0 Å². The van der Waals surface area contributed by atoms with Gasteiger partial charge in [-0.25, -0.2) is 0 Å². The molecule has 0 bridgehead atoms. The number of hydrogen-bond donors (Lipinski definition) is 1. The van der Waals surface area contributed by atoms with Crippen LogP contribution in [0, 0.1) is 0 Å². The fourth-order valence-electron chi connectivity index (χ4n) is 2.43. The zero-order chi connectivity index (χ0) is 10.3. The molecule has 0 spiro atoms. The molecule has 0 aliphatic heterocycles. The van der Waals surface area contributed by atoms with Gasteiger partial charge in [0.1, 0.15) is 0 Å². The Morgan fingerprint density at radius 3 is 2.79 bits per heavy atom. The summed E-state index contributed by atoms with van der Waals surface area (Å²) in [6.07, 6.45) is 1.64. The summed E-state index contributed by atoms with van der Waals surface area (Å²) in [6.45, 7) is 6.55. The van der Waals surface area contributed by atoms with Crippen LogP contribution < -0.4 is 0 Å². The number of aryl methyl sites for hydroxylation is 1. The molecule has 76 valence electrons. The quantitative estimate of drug-likeness (QED) is 0.722. The first-order chi connectivity index (χ1) is 6.54. The van der Waals surface area contributed by atoms with Crippen LogP contribution in [0.1, 0.15) is 50.0 Å². The molecule has 1 heteroatoms. The summed E-state index contributed by atoms with van der Waals surface area (Å²) in [7, 11) is 0. The van der Waals surface area contributed by atoms with Gasteiger partial charge >= 0.3 is 0 Å². The first-order valence-corrected chi connectivity index (χ1v) is 5.36. The number of aliphatic hydroxyl groups is 1. The van der Waals surface area contributed by atoms with Crippen molar-refractivity contribution in [1.82, 2.24) is 0 Å². The Morgan fingerprint density at radius 1 is 1.43 bits per heavy atom. The number of hydrogen-bond acceptors (Lipinski definition) is 1. The molecule has 0 saturated carbocycles. The highest BCUT2D eigenvalue weighted by Gasteiger charge is 2.35. The largest absolute Gasteiger partial charge is 0.388 e. The van der Waals surface area contributed by atoms with E-state index in [-0.39, 0.29) is 11.5 Å². The first kappa shape index (κ1) is 9.72. The fourth-order valence-corrected chi connectivity index (χ4v) is 2.43. The number of benzene rings is 1. The molecular formula is C13H18O. The van der Waals surface area contributed by atoms with Crippen LogP contribution in [0.15, 0.2) is 18.2 Å². The lowest BCUT2D eigenvalue weighted by Gasteiger charge is -2.18. The van der Waals surface area contributed by atoms with E-state index in [1.807, 2.05) is 0 Å². The third-order valence-electron chi connectivity index (χ3n) is 3.32. The normalized spacial score (nSPS) is 23.6. The average Bonchev–Trinajstić information content (AvgIpc) is 2.37. The zero-order valence-electron chi connectivity index (χ0n) is 9.17. The third-order valence-corrected chi connectivity index (χ3v) is 3.32. The molecule has 0 radical (unpaired) electrons. The third kappa shape index (κ3) is 1.36. The lowest BCUT2D eigenvalue weighted by Crippen LogP contribution is -2.12. The summed E-state index contributed by atoms with van der Waals surface area (Å²) in [5.74, 6) is 0. The predicted octanol–water partition coefficient (Wildman–Crippen LogP) is 2.96. The van der Waals surface area contributed by atoms with Crippen LogP contribution in [0.4, 0.5) is 0 Å². The second kappa shape index (κ2) is 3.09. The van der Waals surface area contributed by atoms with Crippen LogP contribution in [-0.4, -0.2) is 5.11 Å². The molecular weight excluding hydrogens is 172 g/mol. The van der Waals surface area contributed by atoms with Gasteiger partial charge < -0.3 is 5.11 Å². The van der Waals surface area contributed by atoms with Crippen molar-refractivity contribution in [3.05, 3.63) is 34.9 Å². The predicted molar refractivity (Wildman–Crippen MR) is 58.4 cm³/mol. The van der Waals surface area contributed by atoms with Crippen molar-refractivity contribution in [3.63, 3.8) is 0 Å². The molecule has 2 rings (SSSR count). The summed E-state index contributed by atoms with van der Waals surface area (Å²) in [4.78, 5) is 0. The molecule has 0 aromatic heterocycles. The van der Waals surface area contributed by atoms with Crippen molar-refractivity contribution in [2.24, 2.45) is 0 Å². The fraction of sp³-hybridized carbons (Fsp3) is 0.538. The standard InChI is InChI=1S/C13H18O/c1-4-9-5-6-11-10(7-9)12(14)8-13(11,2)3/h5-7,12,14H,4,8H2,1-3H3/t12-/m0/s1. The van der Waals surface area contributed by atoms with Gasteiger partial charge in [-0.05, 0) is 34.9 Å². The lowest BCUT2D eigenvalue weighted by molar-refractivity contribution is 0.161. The Kier molecular flexibility index (Phi) is 2.15. The van der Waals surface area contributed by atoms with E-state index in [0.717, 1.165) is 18.4 Å². The summed E-state index contributed by atoms with van der Waals surface area (Å²) in [5.41, 5.74) is 3.93. The number of fused-ring (bicyclic) bond motifs is 1. The van der Waals surface area contributed by atoms with E-state index in [9.17, 15) is 5.11 Å². The Morgan fingerprint density at radius 2 is 2.14 bits per heavy atom. The maximum Gasteiger partial charge on any atom is 0.0801 e. The van der Waals surface area contributed by atoms with E-state index in [4.69, 9.17) is 0 Å². The minimum atomic E-state index is -0.258. The maximum absolute atomic E-state index is 9.94. The topological polar surface area (TPSA) is 20.2 Å². The smallest absolute Gasteiger partial charge is 0.0801 e. The molecule has 0 saturated heterocycles. The summed E-state index contributed by atoms with van der Waals surface area (Å²) in [5, 5.41) is 9.94. The van der Waals surface area contributed by atoms with Gasteiger partial charge in [0.25, 0.3) is 0 Å². The van der Waals surface area contributed by atoms with Gasteiger partial charge in [0.15, 0.2) is 0 Å².